The molecule has 4 heteroatoms. The molecule has 0 aliphatic heterocycles. The standard InChI is InChI=1S/C9H11NO3/c11-9(12)4-3-7-5-8(10-13-7)6-1-2-6/h5-6H,1-4H2,(H,11,12). The Morgan fingerprint density at radius 2 is 2.46 bits per heavy atom. The van der Waals surface area contributed by atoms with E-state index >= 15 is 0 Å². The van der Waals surface area contributed by atoms with E-state index < -0.39 is 5.97 Å². The van der Waals surface area contributed by atoms with Crippen molar-refractivity contribution in [1.82, 2.24) is 5.16 Å². The molecule has 0 amide bonds. The molecule has 0 unspecified atom stereocenters. The molecule has 1 aromatic rings. The molecular weight excluding hydrogens is 170 g/mol. The topological polar surface area (TPSA) is 63.3 Å². The fourth-order valence-corrected chi connectivity index (χ4v) is 1.25. The molecule has 0 aromatic carbocycles. The molecule has 4 nitrogen and oxygen atoms in total. The van der Waals surface area contributed by atoms with Gasteiger partial charge in [-0.1, -0.05) is 5.16 Å². The van der Waals surface area contributed by atoms with E-state index in [1.54, 1.807) is 0 Å². The van der Waals surface area contributed by atoms with E-state index in [1.807, 2.05) is 6.07 Å². The average Bonchev–Trinajstić information content (AvgIpc) is 2.83. The van der Waals surface area contributed by atoms with Gasteiger partial charge in [-0.25, -0.2) is 0 Å². The Labute approximate surface area is 75.5 Å². The second kappa shape index (κ2) is 3.20. The molecule has 1 heterocycles. The summed E-state index contributed by atoms with van der Waals surface area (Å²) in [7, 11) is 0. The number of carbonyl (C=O) groups is 1. The van der Waals surface area contributed by atoms with Gasteiger partial charge in [-0.3, -0.25) is 4.79 Å². The van der Waals surface area contributed by atoms with Crippen molar-refractivity contribution in [1.29, 1.82) is 0 Å². The Hall–Kier alpha value is -1.32. The van der Waals surface area contributed by atoms with Crippen LogP contribution in [-0.4, -0.2) is 16.2 Å². The summed E-state index contributed by atoms with van der Waals surface area (Å²) in [6.45, 7) is 0. The first-order chi connectivity index (χ1) is 6.25. The second-order valence-electron chi connectivity index (χ2n) is 3.39. The van der Waals surface area contributed by atoms with Crippen LogP contribution in [-0.2, 0) is 11.2 Å². The van der Waals surface area contributed by atoms with E-state index in [-0.39, 0.29) is 6.42 Å². The minimum atomic E-state index is -0.802. The number of rotatable bonds is 4. The van der Waals surface area contributed by atoms with Crippen LogP contribution in [0.1, 0.15) is 36.6 Å². The van der Waals surface area contributed by atoms with Crippen LogP contribution < -0.4 is 0 Å². The van der Waals surface area contributed by atoms with Crippen molar-refractivity contribution >= 4 is 5.97 Å². The molecule has 1 N–H and O–H groups in total. The number of nitrogens with zero attached hydrogens (tertiary/aromatic N) is 1. The Bertz CT molecular complexity index is 314. The largest absolute Gasteiger partial charge is 0.481 e. The van der Waals surface area contributed by atoms with Crippen molar-refractivity contribution < 1.29 is 14.4 Å². The highest BCUT2D eigenvalue weighted by atomic mass is 16.5. The van der Waals surface area contributed by atoms with Gasteiger partial charge >= 0.3 is 5.97 Å². The smallest absolute Gasteiger partial charge is 0.303 e. The molecule has 1 saturated carbocycles. The predicted molar refractivity (Wildman–Crippen MR) is 44.4 cm³/mol. The highest BCUT2D eigenvalue weighted by molar-refractivity contribution is 5.66. The van der Waals surface area contributed by atoms with Crippen molar-refractivity contribution in [2.75, 3.05) is 0 Å². The van der Waals surface area contributed by atoms with Gasteiger partial charge in [0.25, 0.3) is 0 Å². The molecule has 1 aliphatic rings. The molecule has 1 fully saturated rings. The van der Waals surface area contributed by atoms with E-state index in [4.69, 9.17) is 9.63 Å². The van der Waals surface area contributed by atoms with E-state index in [9.17, 15) is 4.79 Å². The van der Waals surface area contributed by atoms with Gasteiger partial charge in [-0.05, 0) is 12.8 Å². The third-order valence-corrected chi connectivity index (χ3v) is 2.16. The van der Waals surface area contributed by atoms with Gasteiger partial charge in [0.15, 0.2) is 0 Å². The number of carboxylic acids is 1. The van der Waals surface area contributed by atoms with Crippen molar-refractivity contribution in [2.24, 2.45) is 0 Å². The van der Waals surface area contributed by atoms with Crippen LogP contribution in [0.2, 0.25) is 0 Å². The van der Waals surface area contributed by atoms with Crippen molar-refractivity contribution in [3.8, 4) is 0 Å². The summed E-state index contributed by atoms with van der Waals surface area (Å²) < 4.78 is 5.00. The number of hydrogen-bond donors (Lipinski definition) is 1. The zero-order chi connectivity index (χ0) is 9.26. The minimum absolute atomic E-state index is 0.110. The normalized spacial score (nSPS) is 16.0. The first kappa shape index (κ1) is 8.29. The van der Waals surface area contributed by atoms with Crippen LogP contribution in [0.3, 0.4) is 0 Å². The quantitative estimate of drug-likeness (QED) is 0.765. The molecule has 0 bridgehead atoms. The summed E-state index contributed by atoms with van der Waals surface area (Å²) in [4.78, 5) is 10.3. The number of hydrogen-bond acceptors (Lipinski definition) is 3. The van der Waals surface area contributed by atoms with Crippen LogP contribution in [0.25, 0.3) is 0 Å². The van der Waals surface area contributed by atoms with Crippen LogP contribution in [0.15, 0.2) is 10.6 Å². The molecular formula is C9H11NO3. The third-order valence-electron chi connectivity index (χ3n) is 2.16. The van der Waals surface area contributed by atoms with Gasteiger partial charge in [0.05, 0.1) is 12.1 Å². The lowest BCUT2D eigenvalue weighted by atomic mass is 10.2. The molecule has 70 valence electrons. The predicted octanol–water partition coefficient (Wildman–Crippen LogP) is 1.57. The monoisotopic (exact) mass is 181 g/mol. The maximum Gasteiger partial charge on any atom is 0.303 e. The van der Waals surface area contributed by atoms with Crippen LogP contribution in [0, 0.1) is 0 Å². The third kappa shape index (κ3) is 2.08. The number of aryl methyl sites for hydroxylation is 1. The van der Waals surface area contributed by atoms with Gasteiger partial charge in [0, 0.05) is 18.4 Å². The van der Waals surface area contributed by atoms with Gasteiger partial charge in [0.1, 0.15) is 5.76 Å². The molecule has 1 aromatic heterocycles. The molecule has 0 atom stereocenters. The zero-order valence-electron chi connectivity index (χ0n) is 7.19. The van der Waals surface area contributed by atoms with Crippen molar-refractivity contribution in [3.63, 3.8) is 0 Å². The Balaban J connectivity index is 1.92. The number of carboxylic acid groups (broad SMARTS) is 1. The maximum atomic E-state index is 10.3. The highest BCUT2D eigenvalue weighted by Crippen LogP contribution is 2.39. The summed E-state index contributed by atoms with van der Waals surface area (Å²) in [6.07, 6.45) is 2.92. The van der Waals surface area contributed by atoms with Gasteiger partial charge in [0.2, 0.25) is 0 Å². The molecule has 0 saturated heterocycles. The van der Waals surface area contributed by atoms with Gasteiger partial charge < -0.3 is 9.63 Å². The first-order valence-electron chi connectivity index (χ1n) is 4.43. The van der Waals surface area contributed by atoms with Crippen molar-refractivity contribution in [2.45, 2.75) is 31.6 Å². The number of aromatic nitrogens is 1. The summed E-state index contributed by atoms with van der Waals surface area (Å²) in [5, 5.41) is 12.3. The van der Waals surface area contributed by atoms with E-state index in [0.717, 1.165) is 5.69 Å². The fraction of sp³-hybridized carbons (Fsp3) is 0.556. The lowest BCUT2D eigenvalue weighted by molar-refractivity contribution is -0.137. The molecule has 13 heavy (non-hydrogen) atoms. The van der Waals surface area contributed by atoms with Crippen LogP contribution in [0.4, 0.5) is 0 Å². The number of aliphatic carboxylic acids is 1. The fourth-order valence-electron chi connectivity index (χ4n) is 1.25. The zero-order valence-corrected chi connectivity index (χ0v) is 7.19. The van der Waals surface area contributed by atoms with E-state index in [1.165, 1.54) is 12.8 Å². The van der Waals surface area contributed by atoms with E-state index in [2.05, 4.69) is 5.16 Å². The second-order valence-corrected chi connectivity index (χ2v) is 3.39. The SMILES string of the molecule is O=C(O)CCc1cc(C2CC2)no1. The molecule has 1 aliphatic carbocycles. The summed E-state index contributed by atoms with van der Waals surface area (Å²) in [5.74, 6) is 0.455. The lowest BCUT2D eigenvalue weighted by Gasteiger charge is -1.88. The molecule has 0 spiro atoms. The first-order valence-corrected chi connectivity index (χ1v) is 4.43. The lowest BCUT2D eigenvalue weighted by Crippen LogP contribution is -1.96. The van der Waals surface area contributed by atoms with Crippen molar-refractivity contribution in [3.05, 3.63) is 17.5 Å². The Kier molecular flexibility index (Phi) is 2.04. The minimum Gasteiger partial charge on any atom is -0.481 e. The van der Waals surface area contributed by atoms with Crippen LogP contribution >= 0.6 is 0 Å². The molecule has 2 rings (SSSR count). The summed E-state index contributed by atoms with van der Waals surface area (Å²) >= 11 is 0. The Morgan fingerprint density at radius 1 is 1.69 bits per heavy atom. The molecule has 0 radical (unpaired) electrons. The van der Waals surface area contributed by atoms with Gasteiger partial charge in [-0.2, -0.15) is 0 Å². The van der Waals surface area contributed by atoms with E-state index in [0.29, 0.717) is 18.1 Å². The van der Waals surface area contributed by atoms with Gasteiger partial charge in [-0.15, -0.1) is 0 Å². The highest BCUT2D eigenvalue weighted by Gasteiger charge is 2.26. The maximum absolute atomic E-state index is 10.3. The summed E-state index contributed by atoms with van der Waals surface area (Å²) in [5.41, 5.74) is 0.986. The van der Waals surface area contributed by atoms with Crippen LogP contribution in [0.5, 0.6) is 0 Å². The summed E-state index contributed by atoms with van der Waals surface area (Å²) in [6, 6.07) is 1.88. The Morgan fingerprint density at radius 3 is 3.08 bits per heavy atom. The average molecular weight is 181 g/mol.